The first-order valence-corrected chi connectivity index (χ1v) is 10.7. The molecule has 0 saturated carbocycles. The van der Waals surface area contributed by atoms with Gasteiger partial charge in [-0.1, -0.05) is 18.6 Å². The van der Waals surface area contributed by atoms with E-state index >= 15 is 0 Å². The van der Waals surface area contributed by atoms with Crippen molar-refractivity contribution in [3.05, 3.63) is 29.8 Å². The Balaban J connectivity index is 1.54. The van der Waals surface area contributed by atoms with Gasteiger partial charge in [0.2, 0.25) is 5.91 Å². The third-order valence-electron chi connectivity index (χ3n) is 5.13. The topological polar surface area (TPSA) is 32.8 Å². The maximum Gasteiger partial charge on any atom is 0.227 e. The minimum atomic E-state index is 0.156. The highest BCUT2D eigenvalue weighted by Gasteiger charge is 2.25. The molecule has 1 aromatic carbocycles. The SMILES string of the molecule is CSc1ccc(CC(=O)N2CCCO[C@H](CN3CCCCC3)C2)cc1. The highest BCUT2D eigenvalue weighted by atomic mass is 32.2. The minimum Gasteiger partial charge on any atom is -0.375 e. The number of benzene rings is 1. The lowest BCUT2D eigenvalue weighted by atomic mass is 10.1. The lowest BCUT2D eigenvalue weighted by Gasteiger charge is -2.31. The molecule has 2 fully saturated rings. The van der Waals surface area contributed by atoms with Gasteiger partial charge in [-0.2, -0.15) is 0 Å². The van der Waals surface area contributed by atoms with Crippen LogP contribution in [0, 0.1) is 0 Å². The predicted octanol–water partition coefficient (Wildman–Crippen LogP) is 3.05. The number of amides is 1. The fraction of sp³-hybridized carbons (Fsp3) is 0.650. The summed E-state index contributed by atoms with van der Waals surface area (Å²) in [6.07, 6.45) is 7.59. The monoisotopic (exact) mass is 362 g/mol. The summed E-state index contributed by atoms with van der Waals surface area (Å²) in [7, 11) is 0. The number of carbonyl (C=O) groups excluding carboxylic acids is 1. The van der Waals surface area contributed by atoms with E-state index in [1.807, 2.05) is 4.90 Å². The van der Waals surface area contributed by atoms with Crippen LogP contribution in [0.4, 0.5) is 0 Å². The highest BCUT2D eigenvalue weighted by Crippen LogP contribution is 2.17. The Bertz CT molecular complexity index is 543. The third-order valence-corrected chi connectivity index (χ3v) is 5.87. The number of hydrogen-bond acceptors (Lipinski definition) is 4. The zero-order valence-electron chi connectivity index (χ0n) is 15.3. The maximum atomic E-state index is 12.8. The second-order valence-electron chi connectivity index (χ2n) is 7.07. The summed E-state index contributed by atoms with van der Waals surface area (Å²) in [6.45, 7) is 5.64. The summed E-state index contributed by atoms with van der Waals surface area (Å²) >= 11 is 1.73. The van der Waals surface area contributed by atoms with Crippen LogP contribution in [-0.2, 0) is 16.0 Å². The first kappa shape index (κ1) is 18.7. The van der Waals surface area contributed by atoms with Gasteiger partial charge < -0.3 is 14.5 Å². The molecule has 2 aliphatic rings. The Kier molecular flexibility index (Phi) is 7.20. The van der Waals surface area contributed by atoms with E-state index in [0.29, 0.717) is 6.42 Å². The van der Waals surface area contributed by atoms with Gasteiger partial charge >= 0.3 is 0 Å². The summed E-state index contributed by atoms with van der Waals surface area (Å²) < 4.78 is 6.03. The summed E-state index contributed by atoms with van der Waals surface area (Å²) in [4.78, 5) is 18.5. The molecule has 1 atom stereocenters. The minimum absolute atomic E-state index is 0.156. The first-order chi connectivity index (χ1) is 12.2. The number of carbonyl (C=O) groups is 1. The Hall–Kier alpha value is -1.04. The van der Waals surface area contributed by atoms with E-state index in [2.05, 4.69) is 35.4 Å². The predicted molar refractivity (Wildman–Crippen MR) is 103 cm³/mol. The van der Waals surface area contributed by atoms with E-state index < -0.39 is 0 Å². The van der Waals surface area contributed by atoms with Crippen LogP contribution in [0.15, 0.2) is 29.2 Å². The molecule has 3 rings (SSSR count). The van der Waals surface area contributed by atoms with Gasteiger partial charge in [0, 0.05) is 31.1 Å². The van der Waals surface area contributed by atoms with Crippen molar-refractivity contribution in [2.45, 2.75) is 43.1 Å². The van der Waals surface area contributed by atoms with E-state index in [-0.39, 0.29) is 12.0 Å². The van der Waals surface area contributed by atoms with E-state index in [0.717, 1.165) is 38.2 Å². The van der Waals surface area contributed by atoms with Crippen molar-refractivity contribution < 1.29 is 9.53 Å². The number of nitrogens with zero attached hydrogens (tertiary/aromatic N) is 2. The number of rotatable bonds is 5. The van der Waals surface area contributed by atoms with Crippen LogP contribution in [0.3, 0.4) is 0 Å². The number of ether oxygens (including phenoxy) is 1. The van der Waals surface area contributed by atoms with Crippen molar-refractivity contribution >= 4 is 17.7 Å². The summed E-state index contributed by atoms with van der Waals surface area (Å²) in [5.41, 5.74) is 1.10. The van der Waals surface area contributed by atoms with Crippen LogP contribution >= 0.6 is 11.8 Å². The molecule has 0 bridgehead atoms. The number of piperidine rings is 1. The van der Waals surface area contributed by atoms with E-state index in [9.17, 15) is 4.79 Å². The van der Waals surface area contributed by atoms with Crippen molar-refractivity contribution in [3.8, 4) is 0 Å². The van der Waals surface area contributed by atoms with Gasteiger partial charge in [-0.15, -0.1) is 11.8 Å². The fourth-order valence-corrected chi connectivity index (χ4v) is 4.10. The number of likely N-dealkylation sites (tertiary alicyclic amines) is 1. The maximum absolute atomic E-state index is 12.8. The zero-order valence-corrected chi connectivity index (χ0v) is 16.1. The second kappa shape index (κ2) is 9.60. The molecule has 1 aromatic rings. The van der Waals surface area contributed by atoms with Gasteiger partial charge in [-0.25, -0.2) is 0 Å². The molecule has 2 aliphatic heterocycles. The van der Waals surface area contributed by atoms with Crippen molar-refractivity contribution in [2.24, 2.45) is 0 Å². The Morgan fingerprint density at radius 2 is 1.88 bits per heavy atom. The van der Waals surface area contributed by atoms with Crippen LogP contribution in [0.5, 0.6) is 0 Å². The molecule has 0 radical (unpaired) electrons. The molecule has 0 spiro atoms. The molecule has 1 amide bonds. The van der Waals surface area contributed by atoms with Gasteiger partial charge in [-0.3, -0.25) is 4.79 Å². The molecule has 0 aliphatic carbocycles. The average Bonchev–Trinajstić information content (AvgIpc) is 2.89. The average molecular weight is 363 g/mol. The van der Waals surface area contributed by atoms with Gasteiger partial charge in [0.15, 0.2) is 0 Å². The molecular formula is C20H30N2O2S. The molecular weight excluding hydrogens is 332 g/mol. The van der Waals surface area contributed by atoms with Crippen LogP contribution in [0.25, 0.3) is 0 Å². The summed E-state index contributed by atoms with van der Waals surface area (Å²) in [6, 6.07) is 8.34. The van der Waals surface area contributed by atoms with E-state index in [1.165, 1.54) is 37.2 Å². The Morgan fingerprint density at radius 3 is 2.60 bits per heavy atom. The third kappa shape index (κ3) is 5.73. The molecule has 0 N–H and O–H groups in total. The van der Waals surface area contributed by atoms with Crippen LogP contribution in [-0.4, -0.2) is 67.4 Å². The standard InChI is InChI=1S/C20H30N2O2S/c1-25-19-8-6-17(7-9-19)14-20(23)22-12-5-13-24-18(16-22)15-21-10-3-2-4-11-21/h6-9,18H,2-5,10-16H2,1H3/t18-/m1/s1. The number of hydrogen-bond donors (Lipinski definition) is 0. The molecule has 2 heterocycles. The van der Waals surface area contributed by atoms with E-state index in [1.54, 1.807) is 11.8 Å². The quantitative estimate of drug-likeness (QED) is 0.754. The molecule has 138 valence electrons. The van der Waals surface area contributed by atoms with Gasteiger partial charge in [0.25, 0.3) is 0 Å². The molecule has 4 nitrogen and oxygen atoms in total. The fourth-order valence-electron chi connectivity index (χ4n) is 3.69. The first-order valence-electron chi connectivity index (χ1n) is 9.49. The second-order valence-corrected chi connectivity index (χ2v) is 7.95. The molecule has 5 heteroatoms. The van der Waals surface area contributed by atoms with Gasteiger partial charge in [0.05, 0.1) is 12.5 Å². The summed E-state index contributed by atoms with van der Waals surface area (Å²) in [5, 5.41) is 0. The number of thioether (sulfide) groups is 1. The zero-order chi connectivity index (χ0) is 17.5. The lowest BCUT2D eigenvalue weighted by molar-refractivity contribution is -0.131. The van der Waals surface area contributed by atoms with Crippen LogP contribution < -0.4 is 0 Å². The highest BCUT2D eigenvalue weighted by molar-refractivity contribution is 7.98. The molecule has 2 saturated heterocycles. The van der Waals surface area contributed by atoms with Crippen LogP contribution in [0.1, 0.15) is 31.2 Å². The largest absolute Gasteiger partial charge is 0.375 e. The molecule has 0 aromatic heterocycles. The van der Waals surface area contributed by atoms with Crippen molar-refractivity contribution in [3.63, 3.8) is 0 Å². The van der Waals surface area contributed by atoms with E-state index in [4.69, 9.17) is 4.74 Å². The van der Waals surface area contributed by atoms with Crippen molar-refractivity contribution in [1.29, 1.82) is 0 Å². The Morgan fingerprint density at radius 1 is 1.12 bits per heavy atom. The van der Waals surface area contributed by atoms with Crippen LogP contribution in [0.2, 0.25) is 0 Å². The molecule has 0 unspecified atom stereocenters. The smallest absolute Gasteiger partial charge is 0.227 e. The molecule has 25 heavy (non-hydrogen) atoms. The summed E-state index contributed by atoms with van der Waals surface area (Å²) in [5.74, 6) is 0.228. The van der Waals surface area contributed by atoms with Gasteiger partial charge in [0.1, 0.15) is 0 Å². The normalized spacial score (nSPS) is 22.6. The van der Waals surface area contributed by atoms with Crippen molar-refractivity contribution in [1.82, 2.24) is 9.80 Å². The van der Waals surface area contributed by atoms with Gasteiger partial charge in [-0.05, 0) is 56.3 Å². The Labute approximate surface area is 155 Å². The lowest BCUT2D eigenvalue weighted by Crippen LogP contribution is -2.44. The van der Waals surface area contributed by atoms with Crippen molar-refractivity contribution in [2.75, 3.05) is 45.6 Å².